The van der Waals surface area contributed by atoms with Crippen molar-refractivity contribution in [3.63, 3.8) is 0 Å². The number of anilines is 2. The first-order chi connectivity index (χ1) is 12.5. The molecule has 0 spiro atoms. The first kappa shape index (κ1) is 18.5. The van der Waals surface area contributed by atoms with Crippen LogP contribution in [0.2, 0.25) is 10.0 Å². The highest BCUT2D eigenvalue weighted by Gasteiger charge is 2.36. The van der Waals surface area contributed by atoms with Gasteiger partial charge in [0.25, 0.3) is 0 Å². The maximum Gasteiger partial charge on any atom is 0.229 e. The summed E-state index contributed by atoms with van der Waals surface area (Å²) < 4.78 is 5.38. The van der Waals surface area contributed by atoms with Crippen molar-refractivity contribution in [2.45, 2.75) is 13.3 Å². The summed E-state index contributed by atoms with van der Waals surface area (Å²) >= 11 is 12.4. The van der Waals surface area contributed by atoms with Crippen LogP contribution in [-0.2, 0) is 9.59 Å². The normalized spacial score (nSPS) is 16.7. The molecule has 1 atom stereocenters. The van der Waals surface area contributed by atoms with Crippen LogP contribution in [0.5, 0.6) is 5.75 Å². The molecule has 0 saturated carbocycles. The molecular weight excluding hydrogens is 375 g/mol. The van der Waals surface area contributed by atoms with Gasteiger partial charge >= 0.3 is 0 Å². The smallest absolute Gasteiger partial charge is 0.229 e. The van der Waals surface area contributed by atoms with Crippen molar-refractivity contribution in [1.82, 2.24) is 0 Å². The highest BCUT2D eigenvalue weighted by atomic mass is 35.5. The molecule has 1 aliphatic rings. The maximum atomic E-state index is 12.5. The van der Waals surface area contributed by atoms with E-state index in [9.17, 15) is 9.59 Å². The number of ether oxygens (including phenoxy) is 1. The Hall–Kier alpha value is -2.24. The van der Waals surface area contributed by atoms with Crippen molar-refractivity contribution >= 4 is 46.4 Å². The fraction of sp³-hybridized carbons (Fsp3) is 0.263. The number of hydrogen-bond donors (Lipinski definition) is 1. The summed E-state index contributed by atoms with van der Waals surface area (Å²) in [5.74, 6) is -0.123. The fourth-order valence-electron chi connectivity index (χ4n) is 2.89. The van der Waals surface area contributed by atoms with Gasteiger partial charge in [-0.25, -0.2) is 0 Å². The fourth-order valence-corrected chi connectivity index (χ4v) is 3.49. The summed E-state index contributed by atoms with van der Waals surface area (Å²) in [5, 5.41) is 3.61. The highest BCUT2D eigenvalue weighted by Crippen LogP contribution is 2.37. The Morgan fingerprint density at radius 2 is 1.85 bits per heavy atom. The number of hydrogen-bond acceptors (Lipinski definition) is 3. The van der Waals surface area contributed by atoms with E-state index in [4.69, 9.17) is 27.9 Å². The van der Waals surface area contributed by atoms with Gasteiger partial charge in [-0.15, -0.1) is 0 Å². The van der Waals surface area contributed by atoms with Crippen LogP contribution < -0.4 is 15.0 Å². The number of nitrogens with one attached hydrogen (secondary N) is 1. The first-order valence-electron chi connectivity index (χ1n) is 8.27. The average Bonchev–Trinajstić information content (AvgIpc) is 2.99. The van der Waals surface area contributed by atoms with Crippen LogP contribution in [-0.4, -0.2) is 25.0 Å². The maximum absolute atomic E-state index is 12.5. The van der Waals surface area contributed by atoms with Gasteiger partial charge in [-0.3, -0.25) is 9.59 Å². The Labute approximate surface area is 161 Å². The van der Waals surface area contributed by atoms with Crippen LogP contribution in [0.4, 0.5) is 11.4 Å². The molecule has 2 amide bonds. The summed E-state index contributed by atoms with van der Waals surface area (Å²) in [7, 11) is 0. The number of benzene rings is 2. The van der Waals surface area contributed by atoms with Crippen LogP contribution in [0.15, 0.2) is 42.5 Å². The van der Waals surface area contributed by atoms with Gasteiger partial charge in [-0.1, -0.05) is 29.3 Å². The minimum absolute atomic E-state index is 0.115. The molecule has 1 unspecified atom stereocenters. The van der Waals surface area contributed by atoms with Crippen LogP contribution in [0.25, 0.3) is 0 Å². The van der Waals surface area contributed by atoms with E-state index in [1.807, 2.05) is 6.92 Å². The zero-order chi connectivity index (χ0) is 18.7. The van der Waals surface area contributed by atoms with Crippen LogP contribution in [0.3, 0.4) is 0 Å². The Morgan fingerprint density at radius 3 is 2.46 bits per heavy atom. The van der Waals surface area contributed by atoms with Gasteiger partial charge in [0, 0.05) is 18.7 Å². The van der Waals surface area contributed by atoms with E-state index < -0.39 is 5.92 Å². The predicted octanol–water partition coefficient (Wildman–Crippen LogP) is 4.38. The molecule has 0 radical (unpaired) electrons. The van der Waals surface area contributed by atoms with Gasteiger partial charge in [-0.05, 0) is 43.3 Å². The zero-order valence-electron chi connectivity index (χ0n) is 14.2. The number of carbonyl (C=O) groups excluding carboxylic acids is 2. The van der Waals surface area contributed by atoms with Crippen molar-refractivity contribution in [3.05, 3.63) is 52.5 Å². The minimum Gasteiger partial charge on any atom is -0.494 e. The molecular formula is C19H18Cl2N2O3. The van der Waals surface area contributed by atoms with Crippen LogP contribution in [0.1, 0.15) is 13.3 Å². The van der Waals surface area contributed by atoms with Crippen LogP contribution in [0, 0.1) is 5.92 Å². The Bertz CT molecular complexity index is 804. The van der Waals surface area contributed by atoms with Gasteiger partial charge in [0.05, 0.1) is 28.3 Å². The summed E-state index contributed by atoms with van der Waals surface area (Å²) in [6, 6.07) is 12.2. The van der Waals surface area contributed by atoms with E-state index >= 15 is 0 Å². The molecule has 1 saturated heterocycles. The van der Waals surface area contributed by atoms with E-state index in [-0.39, 0.29) is 24.8 Å². The summed E-state index contributed by atoms with van der Waals surface area (Å²) in [5.41, 5.74) is 1.11. The molecule has 5 nitrogen and oxygen atoms in total. The van der Waals surface area contributed by atoms with Crippen molar-refractivity contribution in [1.29, 1.82) is 0 Å². The van der Waals surface area contributed by atoms with Crippen molar-refractivity contribution in [3.8, 4) is 5.75 Å². The number of para-hydroxylation sites is 1. The second kappa shape index (κ2) is 7.98. The van der Waals surface area contributed by atoms with Crippen molar-refractivity contribution in [2.24, 2.45) is 5.92 Å². The lowest BCUT2D eigenvalue weighted by Gasteiger charge is -2.19. The lowest BCUT2D eigenvalue weighted by Crippen LogP contribution is -2.28. The summed E-state index contributed by atoms with van der Waals surface area (Å²) in [6.07, 6.45) is 0.115. The first-order valence-corrected chi connectivity index (χ1v) is 9.03. The van der Waals surface area contributed by atoms with E-state index in [0.29, 0.717) is 28.0 Å². The van der Waals surface area contributed by atoms with Gasteiger partial charge in [-0.2, -0.15) is 0 Å². The van der Waals surface area contributed by atoms with E-state index in [0.717, 1.165) is 5.75 Å². The molecule has 7 heteroatoms. The molecule has 1 aliphatic heterocycles. The predicted molar refractivity (Wildman–Crippen MR) is 103 cm³/mol. The van der Waals surface area contributed by atoms with Crippen molar-refractivity contribution in [2.75, 3.05) is 23.4 Å². The topological polar surface area (TPSA) is 58.6 Å². The third-order valence-electron chi connectivity index (χ3n) is 4.14. The van der Waals surface area contributed by atoms with Gasteiger partial charge in [0.15, 0.2) is 0 Å². The van der Waals surface area contributed by atoms with Gasteiger partial charge in [0.1, 0.15) is 5.75 Å². The summed E-state index contributed by atoms with van der Waals surface area (Å²) in [6.45, 7) is 2.73. The molecule has 1 heterocycles. The number of amides is 2. The number of nitrogens with zero attached hydrogens (tertiary/aromatic N) is 1. The van der Waals surface area contributed by atoms with Gasteiger partial charge < -0.3 is 15.0 Å². The Balaban J connectivity index is 1.69. The largest absolute Gasteiger partial charge is 0.494 e. The minimum atomic E-state index is -0.471. The van der Waals surface area contributed by atoms with E-state index in [1.165, 1.54) is 4.90 Å². The average molecular weight is 393 g/mol. The lowest BCUT2D eigenvalue weighted by atomic mass is 10.1. The molecule has 2 aromatic carbocycles. The molecule has 0 aliphatic carbocycles. The molecule has 3 rings (SSSR count). The molecule has 1 N–H and O–H groups in total. The number of carbonyl (C=O) groups is 2. The monoisotopic (exact) mass is 392 g/mol. The zero-order valence-corrected chi connectivity index (χ0v) is 15.7. The van der Waals surface area contributed by atoms with Crippen LogP contribution >= 0.6 is 23.2 Å². The standard InChI is InChI=1S/C19H18Cl2N2O3/c1-2-26-14-8-6-13(7-9-14)22-19(25)12-10-17(24)23(11-12)18-15(20)4-3-5-16(18)21/h3-9,12H,2,10-11H2,1H3,(H,22,25). The highest BCUT2D eigenvalue weighted by molar-refractivity contribution is 6.40. The van der Waals surface area contributed by atoms with E-state index in [1.54, 1.807) is 42.5 Å². The molecule has 0 bridgehead atoms. The van der Waals surface area contributed by atoms with E-state index in [2.05, 4.69) is 5.32 Å². The lowest BCUT2D eigenvalue weighted by molar-refractivity contribution is -0.122. The third-order valence-corrected chi connectivity index (χ3v) is 4.75. The molecule has 0 aromatic heterocycles. The molecule has 2 aromatic rings. The second-order valence-corrected chi connectivity index (χ2v) is 6.74. The Morgan fingerprint density at radius 1 is 1.19 bits per heavy atom. The summed E-state index contributed by atoms with van der Waals surface area (Å²) in [4.78, 5) is 26.4. The number of rotatable bonds is 5. The Kier molecular flexibility index (Phi) is 5.69. The SMILES string of the molecule is CCOc1ccc(NC(=O)C2CC(=O)N(c3c(Cl)cccc3Cl)C2)cc1. The quantitative estimate of drug-likeness (QED) is 0.820. The van der Waals surface area contributed by atoms with Crippen molar-refractivity contribution < 1.29 is 14.3 Å². The number of halogens is 2. The molecule has 1 fully saturated rings. The second-order valence-electron chi connectivity index (χ2n) is 5.92. The third kappa shape index (κ3) is 3.94. The van der Waals surface area contributed by atoms with Gasteiger partial charge in [0.2, 0.25) is 11.8 Å². The molecule has 136 valence electrons. The molecule has 26 heavy (non-hydrogen) atoms.